The molecule has 1 amide bonds. The summed E-state index contributed by atoms with van der Waals surface area (Å²) in [6.07, 6.45) is 0. The van der Waals surface area contributed by atoms with Gasteiger partial charge in [-0.25, -0.2) is 0 Å². The molecule has 0 saturated carbocycles. The molecule has 0 aliphatic rings. The second-order valence-corrected chi connectivity index (χ2v) is 7.98. The van der Waals surface area contributed by atoms with E-state index in [-0.39, 0.29) is 37.4 Å². The number of carbonyl (C=O) groups is 1. The van der Waals surface area contributed by atoms with Crippen LogP contribution in [0.15, 0.2) is 35.5 Å². The van der Waals surface area contributed by atoms with E-state index in [1.807, 2.05) is 0 Å². The lowest BCUT2D eigenvalue weighted by Crippen LogP contribution is -2.15. The van der Waals surface area contributed by atoms with Crippen LogP contribution in [0.25, 0.3) is 5.69 Å². The van der Waals surface area contributed by atoms with Gasteiger partial charge < -0.3 is 5.32 Å². The summed E-state index contributed by atoms with van der Waals surface area (Å²) in [6, 6.07) is 8.40. The SMILES string of the molecule is O=C(CSc1nnnn1-c1cccc(Cl)c1)Nc1c(Cl)c(Cl)cc(Cl)c1Cl. The van der Waals surface area contributed by atoms with E-state index in [1.165, 1.54) is 10.7 Å². The minimum Gasteiger partial charge on any atom is -0.323 e. The number of tetrazole rings is 1. The van der Waals surface area contributed by atoms with Crippen molar-refractivity contribution in [2.45, 2.75) is 5.16 Å². The lowest BCUT2D eigenvalue weighted by atomic mass is 10.3. The molecule has 27 heavy (non-hydrogen) atoms. The molecule has 6 nitrogen and oxygen atoms in total. The number of halogens is 5. The predicted octanol–water partition coefficient (Wildman–Crippen LogP) is 5.66. The van der Waals surface area contributed by atoms with Crippen LogP contribution in [0.4, 0.5) is 5.69 Å². The van der Waals surface area contributed by atoms with Gasteiger partial charge in [0.25, 0.3) is 0 Å². The Hall–Kier alpha value is -1.22. The van der Waals surface area contributed by atoms with Crippen LogP contribution in [0.1, 0.15) is 0 Å². The summed E-state index contributed by atoms with van der Waals surface area (Å²) in [4.78, 5) is 12.3. The summed E-state index contributed by atoms with van der Waals surface area (Å²) < 4.78 is 1.47. The summed E-state index contributed by atoms with van der Waals surface area (Å²) in [7, 11) is 0. The maximum Gasteiger partial charge on any atom is 0.234 e. The Labute approximate surface area is 183 Å². The summed E-state index contributed by atoms with van der Waals surface area (Å²) in [6.45, 7) is 0. The number of hydrogen-bond acceptors (Lipinski definition) is 5. The van der Waals surface area contributed by atoms with Gasteiger partial charge in [0.2, 0.25) is 11.1 Å². The van der Waals surface area contributed by atoms with Crippen LogP contribution >= 0.6 is 69.8 Å². The lowest BCUT2D eigenvalue weighted by Gasteiger charge is -2.11. The van der Waals surface area contributed by atoms with Crippen LogP contribution in [0.3, 0.4) is 0 Å². The molecule has 0 spiro atoms. The van der Waals surface area contributed by atoms with E-state index in [0.717, 1.165) is 11.8 Å². The van der Waals surface area contributed by atoms with Crippen molar-refractivity contribution in [1.29, 1.82) is 0 Å². The molecule has 0 atom stereocenters. The maximum absolute atomic E-state index is 12.3. The fourth-order valence-electron chi connectivity index (χ4n) is 2.03. The predicted molar refractivity (Wildman–Crippen MR) is 110 cm³/mol. The largest absolute Gasteiger partial charge is 0.323 e. The first kappa shape index (κ1) is 20.5. The molecule has 3 rings (SSSR count). The van der Waals surface area contributed by atoms with Gasteiger partial charge in [-0.2, -0.15) is 4.68 Å². The van der Waals surface area contributed by atoms with Crippen LogP contribution in [-0.2, 0) is 4.79 Å². The fraction of sp³-hybridized carbons (Fsp3) is 0.0667. The second-order valence-electron chi connectivity index (χ2n) is 5.03. The molecule has 0 fully saturated rings. The number of thioether (sulfide) groups is 1. The van der Waals surface area contributed by atoms with Crippen molar-refractivity contribution >= 4 is 81.4 Å². The number of carbonyl (C=O) groups excluding carboxylic acids is 1. The topological polar surface area (TPSA) is 72.7 Å². The third-order valence-corrected chi connectivity index (χ3v) is 5.93. The summed E-state index contributed by atoms with van der Waals surface area (Å²) >= 11 is 31.2. The standard InChI is InChI=1S/C15H8Cl5N5OS/c16-7-2-1-3-8(4-7)25-15(22-23-24-25)27-6-11(26)21-14-12(19)9(17)5-10(18)13(14)20/h1-5H,6H2,(H,21,26). The third kappa shape index (κ3) is 4.80. The van der Waals surface area contributed by atoms with Crippen LogP contribution in [-0.4, -0.2) is 31.9 Å². The molecule has 1 aromatic heterocycles. The van der Waals surface area contributed by atoms with Gasteiger partial charge in [0.1, 0.15) is 0 Å². The number of benzene rings is 2. The molecule has 1 N–H and O–H groups in total. The highest BCUT2D eigenvalue weighted by Gasteiger charge is 2.17. The summed E-state index contributed by atoms with van der Waals surface area (Å²) in [5.74, 6) is -0.389. The molecule has 1 heterocycles. The van der Waals surface area contributed by atoms with Crippen molar-refractivity contribution in [3.63, 3.8) is 0 Å². The van der Waals surface area contributed by atoms with Crippen molar-refractivity contribution in [1.82, 2.24) is 20.2 Å². The van der Waals surface area contributed by atoms with E-state index >= 15 is 0 Å². The molecule has 2 aromatic carbocycles. The molecular weight excluding hydrogens is 476 g/mol. The van der Waals surface area contributed by atoms with E-state index < -0.39 is 0 Å². The maximum atomic E-state index is 12.3. The van der Waals surface area contributed by atoms with E-state index in [9.17, 15) is 4.79 Å². The molecule has 12 heteroatoms. The molecule has 0 unspecified atom stereocenters. The lowest BCUT2D eigenvalue weighted by molar-refractivity contribution is -0.113. The van der Waals surface area contributed by atoms with Crippen molar-refractivity contribution in [2.24, 2.45) is 0 Å². The van der Waals surface area contributed by atoms with E-state index in [1.54, 1.807) is 24.3 Å². The van der Waals surface area contributed by atoms with Gasteiger partial charge in [-0.1, -0.05) is 75.8 Å². The molecule has 0 aliphatic carbocycles. The number of nitrogens with one attached hydrogen (secondary N) is 1. The van der Waals surface area contributed by atoms with Crippen molar-refractivity contribution < 1.29 is 4.79 Å². The monoisotopic (exact) mass is 481 g/mol. The zero-order valence-corrected chi connectivity index (χ0v) is 17.7. The Balaban J connectivity index is 1.72. The number of rotatable bonds is 5. The Bertz CT molecular complexity index is 986. The highest BCUT2D eigenvalue weighted by atomic mass is 35.5. The highest BCUT2D eigenvalue weighted by molar-refractivity contribution is 7.99. The molecule has 0 saturated heterocycles. The van der Waals surface area contributed by atoms with Gasteiger partial charge in [0.05, 0.1) is 37.2 Å². The minimum atomic E-state index is -0.386. The number of amides is 1. The third-order valence-electron chi connectivity index (χ3n) is 3.20. The molecule has 0 bridgehead atoms. The van der Waals surface area contributed by atoms with E-state index in [4.69, 9.17) is 58.0 Å². The van der Waals surface area contributed by atoms with Gasteiger partial charge in [-0.3, -0.25) is 4.79 Å². The summed E-state index contributed by atoms with van der Waals surface area (Å²) in [5.41, 5.74) is 0.819. The smallest absolute Gasteiger partial charge is 0.234 e. The highest BCUT2D eigenvalue weighted by Crippen LogP contribution is 2.41. The van der Waals surface area contributed by atoms with Crippen molar-refractivity contribution in [3.05, 3.63) is 55.4 Å². The van der Waals surface area contributed by atoms with Gasteiger partial charge in [-0.15, -0.1) is 5.10 Å². The molecule has 3 aromatic rings. The Morgan fingerprint density at radius 3 is 2.44 bits per heavy atom. The van der Waals surface area contributed by atoms with Crippen LogP contribution in [0.5, 0.6) is 0 Å². The van der Waals surface area contributed by atoms with Crippen LogP contribution in [0, 0.1) is 0 Å². The molecule has 0 radical (unpaired) electrons. The van der Waals surface area contributed by atoms with Gasteiger partial charge in [0, 0.05) is 5.02 Å². The van der Waals surface area contributed by atoms with Crippen LogP contribution in [0.2, 0.25) is 25.1 Å². The van der Waals surface area contributed by atoms with Crippen LogP contribution < -0.4 is 5.32 Å². The Kier molecular flexibility index (Phi) is 6.73. The van der Waals surface area contributed by atoms with Crippen molar-refractivity contribution in [3.8, 4) is 5.69 Å². The fourth-order valence-corrected chi connectivity index (χ4v) is 3.81. The zero-order chi connectivity index (χ0) is 19.6. The van der Waals surface area contributed by atoms with Gasteiger partial charge in [0.15, 0.2) is 0 Å². The van der Waals surface area contributed by atoms with Gasteiger partial charge >= 0.3 is 0 Å². The number of aromatic nitrogens is 4. The first-order valence-corrected chi connectivity index (χ1v) is 10.0. The van der Waals surface area contributed by atoms with Crippen molar-refractivity contribution in [2.75, 3.05) is 11.1 Å². The average Bonchev–Trinajstić information content (AvgIpc) is 3.10. The van der Waals surface area contributed by atoms with Gasteiger partial charge in [-0.05, 0) is 34.7 Å². The van der Waals surface area contributed by atoms with E-state index in [2.05, 4.69) is 20.8 Å². The normalized spacial score (nSPS) is 10.9. The molecule has 140 valence electrons. The van der Waals surface area contributed by atoms with E-state index in [0.29, 0.717) is 15.9 Å². The Morgan fingerprint density at radius 1 is 1.07 bits per heavy atom. The first-order chi connectivity index (χ1) is 12.9. The Morgan fingerprint density at radius 2 is 1.78 bits per heavy atom. The first-order valence-electron chi connectivity index (χ1n) is 7.16. The number of nitrogens with zero attached hydrogens (tertiary/aromatic N) is 4. The quantitative estimate of drug-likeness (QED) is 0.374. The molecular formula is C15H8Cl5N5OS. The number of anilines is 1. The summed E-state index contributed by atoms with van der Waals surface area (Å²) in [5, 5.41) is 15.6. The minimum absolute atomic E-state index is 0.00225. The second kappa shape index (κ2) is 8.86. The number of hydrogen-bond donors (Lipinski definition) is 1. The average molecular weight is 484 g/mol. The zero-order valence-electron chi connectivity index (χ0n) is 13.1. The molecule has 0 aliphatic heterocycles.